The molecule has 0 aromatic heterocycles. The van der Waals surface area contributed by atoms with Crippen molar-refractivity contribution in [3.05, 3.63) is 77.9 Å². The van der Waals surface area contributed by atoms with E-state index in [0.717, 1.165) is 10.8 Å². The first-order valence-electron chi connectivity index (χ1n) is 6.75. The summed E-state index contributed by atoms with van der Waals surface area (Å²) in [5.74, 6) is -0.0229. The van der Waals surface area contributed by atoms with E-state index in [9.17, 15) is 4.79 Å². The zero-order valence-corrected chi connectivity index (χ0v) is 11.6. The number of carbonyl (C=O) groups is 1. The van der Waals surface area contributed by atoms with Crippen LogP contribution in [0.3, 0.4) is 0 Å². The second-order valence-corrected chi connectivity index (χ2v) is 4.73. The Bertz CT molecular complexity index is 850. The lowest BCUT2D eigenvalue weighted by Crippen LogP contribution is -2.09. The molecular formula is C18H13NO3. The van der Waals surface area contributed by atoms with Crippen LogP contribution in [0.25, 0.3) is 10.8 Å². The van der Waals surface area contributed by atoms with Gasteiger partial charge in [0.05, 0.1) is 11.8 Å². The molecule has 0 aliphatic rings. The van der Waals surface area contributed by atoms with E-state index in [1.54, 1.807) is 30.3 Å². The summed E-state index contributed by atoms with van der Waals surface area (Å²) < 4.78 is 5.41. The molecule has 0 amide bonds. The highest BCUT2D eigenvalue weighted by molar-refractivity contribution is 6.05. The van der Waals surface area contributed by atoms with Crippen molar-refractivity contribution in [3.8, 4) is 5.75 Å². The van der Waals surface area contributed by atoms with E-state index < -0.39 is 5.97 Å². The van der Waals surface area contributed by atoms with Gasteiger partial charge in [-0.2, -0.15) is 0 Å². The number of carbonyl (C=O) groups excluding carboxylic acids is 1. The van der Waals surface area contributed by atoms with Crippen molar-refractivity contribution in [3.63, 3.8) is 0 Å². The molecule has 0 spiro atoms. The monoisotopic (exact) mass is 291 g/mol. The molecule has 0 radical (unpaired) electrons. The standard InChI is InChI=1S/C18H13NO3/c20-18(22-15-8-3-5-13(11-15)12-19-21)17-10-4-7-14-6-1-2-9-16(14)17/h1-12,21H/b19-12-. The van der Waals surface area contributed by atoms with Crippen molar-refractivity contribution >= 4 is 23.0 Å². The molecule has 3 rings (SSSR count). The van der Waals surface area contributed by atoms with Gasteiger partial charge < -0.3 is 9.94 Å². The molecule has 0 bridgehead atoms. The summed E-state index contributed by atoms with van der Waals surface area (Å²) in [6.45, 7) is 0. The zero-order chi connectivity index (χ0) is 15.4. The van der Waals surface area contributed by atoms with Crippen molar-refractivity contribution in [2.75, 3.05) is 0 Å². The van der Waals surface area contributed by atoms with E-state index >= 15 is 0 Å². The summed E-state index contributed by atoms with van der Waals surface area (Å²) in [7, 11) is 0. The van der Waals surface area contributed by atoms with Gasteiger partial charge in [0, 0.05) is 0 Å². The number of fused-ring (bicyclic) bond motifs is 1. The van der Waals surface area contributed by atoms with Crippen molar-refractivity contribution in [2.45, 2.75) is 0 Å². The van der Waals surface area contributed by atoms with E-state index in [-0.39, 0.29) is 0 Å². The summed E-state index contributed by atoms with van der Waals surface area (Å²) >= 11 is 0. The second kappa shape index (κ2) is 6.10. The van der Waals surface area contributed by atoms with Gasteiger partial charge in [0.2, 0.25) is 0 Å². The molecule has 4 heteroatoms. The van der Waals surface area contributed by atoms with E-state index in [1.807, 2.05) is 36.4 Å². The molecule has 0 saturated carbocycles. The van der Waals surface area contributed by atoms with Crippen LogP contribution in [0.15, 0.2) is 71.9 Å². The first-order valence-corrected chi connectivity index (χ1v) is 6.75. The number of ether oxygens (including phenoxy) is 1. The summed E-state index contributed by atoms with van der Waals surface area (Å²) in [4.78, 5) is 12.4. The van der Waals surface area contributed by atoms with Crippen molar-refractivity contribution in [1.29, 1.82) is 0 Å². The molecule has 0 atom stereocenters. The van der Waals surface area contributed by atoms with Crippen molar-refractivity contribution in [1.82, 2.24) is 0 Å². The molecule has 0 aliphatic carbocycles. The van der Waals surface area contributed by atoms with E-state index in [0.29, 0.717) is 16.9 Å². The molecule has 4 nitrogen and oxygen atoms in total. The first kappa shape index (κ1) is 13.8. The third kappa shape index (κ3) is 2.81. The first-order chi connectivity index (χ1) is 10.8. The van der Waals surface area contributed by atoms with Gasteiger partial charge in [0.25, 0.3) is 0 Å². The number of nitrogens with zero attached hydrogens (tertiary/aromatic N) is 1. The molecule has 108 valence electrons. The van der Waals surface area contributed by atoms with Crippen LogP contribution in [0, 0.1) is 0 Å². The molecule has 22 heavy (non-hydrogen) atoms. The molecule has 3 aromatic rings. The predicted molar refractivity (Wildman–Crippen MR) is 84.7 cm³/mol. The maximum Gasteiger partial charge on any atom is 0.344 e. The highest BCUT2D eigenvalue weighted by atomic mass is 16.5. The zero-order valence-electron chi connectivity index (χ0n) is 11.6. The molecule has 0 saturated heterocycles. The molecule has 0 unspecified atom stereocenters. The third-order valence-electron chi connectivity index (χ3n) is 3.28. The third-order valence-corrected chi connectivity index (χ3v) is 3.28. The molecular weight excluding hydrogens is 278 g/mol. The van der Waals surface area contributed by atoms with Crippen molar-refractivity contribution in [2.24, 2.45) is 5.16 Å². The number of benzene rings is 3. The van der Waals surface area contributed by atoms with E-state index in [4.69, 9.17) is 9.94 Å². The van der Waals surface area contributed by atoms with E-state index in [2.05, 4.69) is 5.16 Å². The minimum atomic E-state index is -0.421. The Morgan fingerprint density at radius 3 is 2.64 bits per heavy atom. The predicted octanol–water partition coefficient (Wildman–Crippen LogP) is 3.87. The Labute approximate surface area is 127 Å². The average molecular weight is 291 g/mol. The van der Waals surface area contributed by atoms with Crippen LogP contribution in [0.1, 0.15) is 15.9 Å². The maximum atomic E-state index is 12.4. The van der Waals surface area contributed by atoms with Gasteiger partial charge >= 0.3 is 5.97 Å². The smallest absolute Gasteiger partial charge is 0.344 e. The number of oxime groups is 1. The van der Waals surface area contributed by atoms with Gasteiger partial charge in [-0.3, -0.25) is 0 Å². The largest absolute Gasteiger partial charge is 0.423 e. The Kier molecular flexibility index (Phi) is 3.83. The summed E-state index contributed by atoms with van der Waals surface area (Å²) in [5.41, 5.74) is 1.16. The van der Waals surface area contributed by atoms with Gasteiger partial charge in [-0.05, 0) is 34.5 Å². The molecule has 0 heterocycles. The molecule has 0 fully saturated rings. The number of hydrogen-bond donors (Lipinski definition) is 1. The Hall–Kier alpha value is -3.14. The van der Waals surface area contributed by atoms with Crippen LogP contribution in [-0.4, -0.2) is 17.4 Å². The lowest BCUT2D eigenvalue weighted by Gasteiger charge is -2.07. The van der Waals surface area contributed by atoms with Crippen LogP contribution >= 0.6 is 0 Å². The number of rotatable bonds is 3. The van der Waals surface area contributed by atoms with Gasteiger partial charge in [-0.25, -0.2) is 4.79 Å². The van der Waals surface area contributed by atoms with Crippen LogP contribution in [-0.2, 0) is 0 Å². The fourth-order valence-electron chi connectivity index (χ4n) is 2.29. The van der Waals surface area contributed by atoms with Gasteiger partial charge in [-0.1, -0.05) is 53.7 Å². The lowest BCUT2D eigenvalue weighted by molar-refractivity contribution is 0.0737. The van der Waals surface area contributed by atoms with Gasteiger partial charge in [-0.15, -0.1) is 0 Å². The topological polar surface area (TPSA) is 58.9 Å². The fourth-order valence-corrected chi connectivity index (χ4v) is 2.29. The normalized spacial score (nSPS) is 10.9. The average Bonchev–Trinajstić information content (AvgIpc) is 2.55. The fraction of sp³-hybridized carbons (Fsp3) is 0. The summed E-state index contributed by atoms with van der Waals surface area (Å²) in [5, 5.41) is 13.3. The van der Waals surface area contributed by atoms with Gasteiger partial charge in [0.1, 0.15) is 5.75 Å². The molecule has 1 N–H and O–H groups in total. The highest BCUT2D eigenvalue weighted by Crippen LogP contribution is 2.21. The molecule has 0 aliphatic heterocycles. The lowest BCUT2D eigenvalue weighted by atomic mass is 10.0. The second-order valence-electron chi connectivity index (χ2n) is 4.73. The maximum absolute atomic E-state index is 12.4. The van der Waals surface area contributed by atoms with Crippen LogP contribution in [0.2, 0.25) is 0 Å². The Morgan fingerprint density at radius 2 is 1.77 bits per heavy atom. The number of esters is 1. The van der Waals surface area contributed by atoms with E-state index in [1.165, 1.54) is 6.21 Å². The minimum Gasteiger partial charge on any atom is -0.423 e. The van der Waals surface area contributed by atoms with Crippen LogP contribution in [0.5, 0.6) is 5.75 Å². The van der Waals surface area contributed by atoms with Gasteiger partial charge in [0.15, 0.2) is 0 Å². The quantitative estimate of drug-likeness (QED) is 0.262. The Morgan fingerprint density at radius 1 is 1.00 bits per heavy atom. The summed E-state index contributed by atoms with van der Waals surface area (Å²) in [6.07, 6.45) is 1.27. The Balaban J connectivity index is 1.92. The molecule has 3 aromatic carbocycles. The number of hydrogen-bond acceptors (Lipinski definition) is 4. The van der Waals surface area contributed by atoms with Crippen LogP contribution in [0.4, 0.5) is 0 Å². The van der Waals surface area contributed by atoms with Crippen molar-refractivity contribution < 1.29 is 14.7 Å². The minimum absolute atomic E-state index is 0.398. The SMILES string of the molecule is O=C(Oc1cccc(/C=N\O)c1)c1cccc2ccccc12. The van der Waals surface area contributed by atoms with Crippen LogP contribution < -0.4 is 4.74 Å². The summed E-state index contributed by atoms with van der Waals surface area (Å²) in [6, 6.07) is 19.9. The highest BCUT2D eigenvalue weighted by Gasteiger charge is 2.12.